The third kappa shape index (κ3) is 2.24. The molecule has 86 valence electrons. The second-order valence-corrected chi connectivity index (χ2v) is 3.91. The Kier molecular flexibility index (Phi) is 3.72. The monoisotopic (exact) mass is 217 g/mol. The van der Waals surface area contributed by atoms with Gasteiger partial charge in [-0.1, -0.05) is 13.5 Å². The fourth-order valence-corrected chi connectivity index (χ4v) is 1.66. The van der Waals surface area contributed by atoms with E-state index in [9.17, 15) is 0 Å². The van der Waals surface area contributed by atoms with Crippen molar-refractivity contribution in [2.75, 3.05) is 5.73 Å². The predicted molar refractivity (Wildman–Crippen MR) is 70.5 cm³/mol. The van der Waals surface area contributed by atoms with Gasteiger partial charge in [0.05, 0.1) is 5.69 Å². The molecule has 0 aliphatic rings. The lowest BCUT2D eigenvalue weighted by Crippen LogP contribution is -2.03. The summed E-state index contributed by atoms with van der Waals surface area (Å²) in [7, 11) is 0. The number of allylic oxidation sites excluding steroid dienone is 2. The predicted octanol–water partition coefficient (Wildman–Crippen LogP) is 2.71. The molecule has 3 nitrogen and oxygen atoms in total. The van der Waals surface area contributed by atoms with Crippen LogP contribution in [0.1, 0.15) is 37.1 Å². The van der Waals surface area contributed by atoms with Crippen molar-refractivity contribution in [1.82, 2.24) is 4.98 Å². The second kappa shape index (κ2) is 4.84. The number of aromatic nitrogens is 1. The summed E-state index contributed by atoms with van der Waals surface area (Å²) in [6, 6.07) is 2.01. The Morgan fingerprint density at radius 1 is 1.56 bits per heavy atom. The van der Waals surface area contributed by atoms with Gasteiger partial charge in [0.15, 0.2) is 0 Å². The minimum absolute atomic E-state index is 0.515. The fourth-order valence-electron chi connectivity index (χ4n) is 1.66. The average molecular weight is 217 g/mol. The van der Waals surface area contributed by atoms with Crippen molar-refractivity contribution in [3.8, 4) is 0 Å². The van der Waals surface area contributed by atoms with Gasteiger partial charge in [0.1, 0.15) is 5.82 Å². The third-order valence-electron chi connectivity index (χ3n) is 2.59. The Morgan fingerprint density at radius 3 is 2.62 bits per heavy atom. The standard InChI is InChI=1S/C13H19N3/c1-5-10(7-14)12-9(4)6-11(8(2)3)13(15)16-12/h6-7H,2,5,14H2,1,3-4H3,(H2,15,16). The molecule has 16 heavy (non-hydrogen) atoms. The fraction of sp³-hybridized carbons (Fsp3) is 0.308. The summed E-state index contributed by atoms with van der Waals surface area (Å²) >= 11 is 0. The molecule has 0 aliphatic heterocycles. The van der Waals surface area contributed by atoms with Crippen molar-refractivity contribution >= 4 is 17.0 Å². The number of hydrogen-bond donors (Lipinski definition) is 2. The van der Waals surface area contributed by atoms with Crippen LogP contribution in [0.5, 0.6) is 0 Å². The van der Waals surface area contributed by atoms with Crippen LogP contribution in [0.2, 0.25) is 0 Å². The first kappa shape index (κ1) is 12.3. The molecule has 0 amide bonds. The van der Waals surface area contributed by atoms with E-state index in [0.29, 0.717) is 5.82 Å². The van der Waals surface area contributed by atoms with E-state index in [2.05, 4.69) is 11.6 Å². The van der Waals surface area contributed by atoms with Crippen LogP contribution >= 0.6 is 0 Å². The molecule has 0 bridgehead atoms. The molecule has 0 unspecified atom stereocenters. The molecule has 1 aromatic rings. The van der Waals surface area contributed by atoms with Crippen LogP contribution in [-0.4, -0.2) is 4.98 Å². The maximum Gasteiger partial charge on any atom is 0.131 e. The van der Waals surface area contributed by atoms with Crippen molar-refractivity contribution in [1.29, 1.82) is 0 Å². The summed E-state index contributed by atoms with van der Waals surface area (Å²) in [5, 5.41) is 0. The van der Waals surface area contributed by atoms with E-state index in [0.717, 1.165) is 34.4 Å². The zero-order chi connectivity index (χ0) is 12.3. The summed E-state index contributed by atoms with van der Waals surface area (Å²) in [5.41, 5.74) is 16.3. The number of hydrogen-bond acceptors (Lipinski definition) is 3. The van der Waals surface area contributed by atoms with E-state index in [4.69, 9.17) is 11.5 Å². The molecular formula is C13H19N3. The van der Waals surface area contributed by atoms with E-state index in [1.807, 2.05) is 26.8 Å². The molecule has 0 aliphatic carbocycles. The van der Waals surface area contributed by atoms with Crippen molar-refractivity contribution in [2.24, 2.45) is 5.73 Å². The Bertz CT molecular complexity index is 445. The number of aryl methyl sites for hydroxylation is 1. The van der Waals surface area contributed by atoms with E-state index in [1.54, 1.807) is 6.20 Å². The quantitative estimate of drug-likeness (QED) is 0.818. The zero-order valence-electron chi connectivity index (χ0n) is 10.2. The lowest BCUT2D eigenvalue weighted by molar-refractivity contribution is 1.14. The number of rotatable bonds is 3. The Labute approximate surface area is 96.9 Å². The van der Waals surface area contributed by atoms with Gasteiger partial charge < -0.3 is 11.5 Å². The highest BCUT2D eigenvalue weighted by molar-refractivity contribution is 5.74. The number of pyridine rings is 1. The Morgan fingerprint density at radius 2 is 2.19 bits per heavy atom. The number of nitrogens with zero attached hydrogens (tertiary/aromatic N) is 1. The van der Waals surface area contributed by atoms with Crippen LogP contribution in [0.3, 0.4) is 0 Å². The minimum Gasteiger partial charge on any atom is -0.404 e. The summed E-state index contributed by atoms with van der Waals surface area (Å²) < 4.78 is 0. The first-order chi connectivity index (χ1) is 7.51. The third-order valence-corrected chi connectivity index (χ3v) is 2.59. The van der Waals surface area contributed by atoms with Gasteiger partial charge >= 0.3 is 0 Å². The summed E-state index contributed by atoms with van der Waals surface area (Å²) in [4.78, 5) is 4.40. The van der Waals surface area contributed by atoms with Gasteiger partial charge in [0.2, 0.25) is 0 Å². The molecule has 0 spiro atoms. The molecule has 0 saturated heterocycles. The van der Waals surface area contributed by atoms with Crippen LogP contribution in [0, 0.1) is 6.92 Å². The molecule has 4 N–H and O–H groups in total. The molecule has 1 aromatic heterocycles. The molecule has 0 radical (unpaired) electrons. The van der Waals surface area contributed by atoms with Gasteiger partial charge in [0.25, 0.3) is 0 Å². The lowest BCUT2D eigenvalue weighted by atomic mass is 10.0. The van der Waals surface area contributed by atoms with Gasteiger partial charge in [0, 0.05) is 5.56 Å². The summed E-state index contributed by atoms with van der Waals surface area (Å²) in [6.07, 6.45) is 2.44. The maximum atomic E-state index is 5.90. The first-order valence-electron chi connectivity index (χ1n) is 5.35. The van der Waals surface area contributed by atoms with Gasteiger partial charge in [-0.15, -0.1) is 0 Å². The molecule has 0 saturated carbocycles. The Hall–Kier alpha value is -1.77. The zero-order valence-corrected chi connectivity index (χ0v) is 10.2. The normalized spacial score (nSPS) is 11.6. The number of nitrogen functional groups attached to an aromatic ring is 1. The molecule has 0 fully saturated rings. The van der Waals surface area contributed by atoms with Crippen molar-refractivity contribution in [3.05, 3.63) is 35.7 Å². The van der Waals surface area contributed by atoms with Crippen LogP contribution < -0.4 is 11.5 Å². The molecule has 0 atom stereocenters. The molecule has 1 heterocycles. The van der Waals surface area contributed by atoms with Gasteiger partial charge in [-0.3, -0.25) is 0 Å². The minimum atomic E-state index is 0.515. The smallest absolute Gasteiger partial charge is 0.131 e. The Balaban J connectivity index is 3.36. The first-order valence-corrected chi connectivity index (χ1v) is 5.35. The summed E-state index contributed by atoms with van der Waals surface area (Å²) in [5.74, 6) is 0.515. The topological polar surface area (TPSA) is 64.9 Å². The SMILES string of the molecule is C=C(C)c1cc(C)c(C(=CN)CC)nc1N. The van der Waals surface area contributed by atoms with Crippen LogP contribution in [0.4, 0.5) is 5.82 Å². The lowest BCUT2D eigenvalue weighted by Gasteiger charge is -2.12. The van der Waals surface area contributed by atoms with Crippen LogP contribution in [0.15, 0.2) is 18.8 Å². The number of anilines is 1. The van der Waals surface area contributed by atoms with Crippen LogP contribution in [-0.2, 0) is 0 Å². The molecular weight excluding hydrogens is 198 g/mol. The summed E-state index contributed by atoms with van der Waals surface area (Å²) in [6.45, 7) is 9.86. The highest BCUT2D eigenvalue weighted by Crippen LogP contribution is 2.25. The average Bonchev–Trinajstić information content (AvgIpc) is 2.23. The van der Waals surface area contributed by atoms with Crippen molar-refractivity contribution < 1.29 is 0 Å². The molecule has 0 aromatic carbocycles. The van der Waals surface area contributed by atoms with E-state index >= 15 is 0 Å². The van der Waals surface area contributed by atoms with Crippen molar-refractivity contribution in [2.45, 2.75) is 27.2 Å². The molecule has 1 rings (SSSR count). The van der Waals surface area contributed by atoms with Crippen LogP contribution in [0.25, 0.3) is 11.1 Å². The second-order valence-electron chi connectivity index (χ2n) is 3.91. The highest BCUT2D eigenvalue weighted by atomic mass is 14.9. The number of nitrogens with two attached hydrogens (primary N) is 2. The van der Waals surface area contributed by atoms with Gasteiger partial charge in [-0.25, -0.2) is 4.98 Å². The van der Waals surface area contributed by atoms with Gasteiger partial charge in [-0.2, -0.15) is 0 Å². The van der Waals surface area contributed by atoms with E-state index < -0.39 is 0 Å². The van der Waals surface area contributed by atoms with E-state index in [-0.39, 0.29) is 0 Å². The maximum absolute atomic E-state index is 5.90. The highest BCUT2D eigenvalue weighted by Gasteiger charge is 2.10. The molecule has 3 heteroatoms. The van der Waals surface area contributed by atoms with Gasteiger partial charge in [-0.05, 0) is 49.2 Å². The largest absolute Gasteiger partial charge is 0.404 e. The van der Waals surface area contributed by atoms with E-state index in [1.165, 1.54) is 0 Å². The van der Waals surface area contributed by atoms with Crippen molar-refractivity contribution in [3.63, 3.8) is 0 Å².